The van der Waals surface area contributed by atoms with Gasteiger partial charge in [0.05, 0.1) is 10.9 Å². The van der Waals surface area contributed by atoms with Crippen LogP contribution in [-0.2, 0) is 5.75 Å². The zero-order chi connectivity index (χ0) is 14.8. The van der Waals surface area contributed by atoms with Crippen LogP contribution >= 0.6 is 27.7 Å². The van der Waals surface area contributed by atoms with Gasteiger partial charge in [-0.05, 0) is 29.8 Å². The molecular formula is C15H12BrN3OS. The molecule has 0 aliphatic carbocycles. The average molecular weight is 362 g/mol. The highest BCUT2D eigenvalue weighted by molar-refractivity contribution is 9.10. The van der Waals surface area contributed by atoms with E-state index in [-0.39, 0.29) is 5.56 Å². The lowest BCUT2D eigenvalue weighted by atomic mass is 10.2. The first kappa shape index (κ1) is 14.2. The second-order valence-corrected chi connectivity index (χ2v) is 6.36. The van der Waals surface area contributed by atoms with E-state index in [1.807, 2.05) is 36.4 Å². The number of nitrogen functional groups attached to an aromatic ring is 1. The van der Waals surface area contributed by atoms with Crippen molar-refractivity contribution < 1.29 is 0 Å². The highest BCUT2D eigenvalue weighted by atomic mass is 79.9. The SMILES string of the molecule is Nn1c(SCc2cccc(Br)c2)nc2ccccc2c1=O. The highest BCUT2D eigenvalue weighted by Crippen LogP contribution is 2.22. The molecule has 0 spiro atoms. The predicted octanol–water partition coefficient (Wildman–Crippen LogP) is 3.17. The molecule has 106 valence electrons. The molecule has 0 radical (unpaired) electrons. The van der Waals surface area contributed by atoms with E-state index >= 15 is 0 Å². The van der Waals surface area contributed by atoms with Crippen LogP contribution in [-0.4, -0.2) is 9.66 Å². The molecule has 0 saturated heterocycles. The number of benzene rings is 2. The van der Waals surface area contributed by atoms with Crippen molar-refractivity contribution >= 4 is 38.6 Å². The Morgan fingerprint density at radius 3 is 2.81 bits per heavy atom. The number of thioether (sulfide) groups is 1. The molecule has 0 bridgehead atoms. The van der Waals surface area contributed by atoms with Crippen LogP contribution in [0.3, 0.4) is 0 Å². The van der Waals surface area contributed by atoms with Crippen LogP contribution < -0.4 is 11.4 Å². The van der Waals surface area contributed by atoms with E-state index in [0.717, 1.165) is 14.7 Å². The van der Waals surface area contributed by atoms with E-state index in [0.29, 0.717) is 21.8 Å². The number of rotatable bonds is 3. The predicted molar refractivity (Wildman–Crippen MR) is 89.9 cm³/mol. The molecule has 0 aliphatic rings. The van der Waals surface area contributed by atoms with Gasteiger partial charge in [-0.1, -0.05) is 52.0 Å². The van der Waals surface area contributed by atoms with Gasteiger partial charge < -0.3 is 5.84 Å². The monoisotopic (exact) mass is 361 g/mol. The standard InChI is InChI=1S/C15H12BrN3OS/c16-11-5-3-4-10(8-11)9-21-15-18-13-7-2-1-6-12(13)14(20)19(15)17/h1-8H,9,17H2. The van der Waals surface area contributed by atoms with Gasteiger partial charge in [0.1, 0.15) is 0 Å². The largest absolute Gasteiger partial charge is 0.334 e. The van der Waals surface area contributed by atoms with Crippen molar-refractivity contribution in [2.24, 2.45) is 0 Å². The third kappa shape index (κ3) is 2.96. The van der Waals surface area contributed by atoms with Gasteiger partial charge in [0, 0.05) is 10.2 Å². The zero-order valence-electron chi connectivity index (χ0n) is 11.0. The normalized spacial score (nSPS) is 10.9. The number of fused-ring (bicyclic) bond motifs is 1. The summed E-state index contributed by atoms with van der Waals surface area (Å²) in [5.74, 6) is 6.55. The molecule has 1 heterocycles. The minimum atomic E-state index is -0.225. The van der Waals surface area contributed by atoms with E-state index in [1.54, 1.807) is 12.1 Å². The number of nitrogens with two attached hydrogens (primary N) is 1. The van der Waals surface area contributed by atoms with Crippen LogP contribution in [0.1, 0.15) is 5.56 Å². The van der Waals surface area contributed by atoms with Crippen molar-refractivity contribution in [3.05, 3.63) is 68.9 Å². The molecule has 2 aromatic carbocycles. The molecule has 0 amide bonds. The fourth-order valence-corrected chi connectivity index (χ4v) is 3.31. The van der Waals surface area contributed by atoms with Gasteiger partial charge in [-0.25, -0.2) is 9.66 Å². The van der Waals surface area contributed by atoms with Gasteiger partial charge in [-0.2, -0.15) is 0 Å². The van der Waals surface area contributed by atoms with Gasteiger partial charge >= 0.3 is 0 Å². The van der Waals surface area contributed by atoms with Crippen LogP contribution in [0.25, 0.3) is 10.9 Å². The van der Waals surface area contributed by atoms with Gasteiger partial charge in [-0.15, -0.1) is 0 Å². The van der Waals surface area contributed by atoms with Gasteiger partial charge in [0.15, 0.2) is 5.16 Å². The fraction of sp³-hybridized carbons (Fsp3) is 0.0667. The van der Waals surface area contributed by atoms with Gasteiger partial charge in [-0.3, -0.25) is 4.79 Å². The van der Waals surface area contributed by atoms with Crippen LogP contribution in [0, 0.1) is 0 Å². The van der Waals surface area contributed by atoms with Crippen LogP contribution in [0.15, 0.2) is 63.0 Å². The van der Waals surface area contributed by atoms with Crippen LogP contribution in [0.2, 0.25) is 0 Å². The zero-order valence-corrected chi connectivity index (χ0v) is 13.4. The minimum absolute atomic E-state index is 0.225. The Labute approximate surface area is 134 Å². The molecule has 0 saturated carbocycles. The van der Waals surface area contributed by atoms with Crippen LogP contribution in [0.5, 0.6) is 0 Å². The average Bonchev–Trinajstić information content (AvgIpc) is 2.50. The molecule has 0 fully saturated rings. The molecule has 3 rings (SSSR count). The van der Waals surface area contributed by atoms with Gasteiger partial charge in [0.25, 0.3) is 5.56 Å². The Morgan fingerprint density at radius 2 is 2.00 bits per heavy atom. The van der Waals surface area contributed by atoms with E-state index < -0.39 is 0 Å². The number of aromatic nitrogens is 2. The van der Waals surface area contributed by atoms with E-state index in [2.05, 4.69) is 20.9 Å². The molecule has 4 nitrogen and oxygen atoms in total. The lowest BCUT2D eigenvalue weighted by Crippen LogP contribution is -2.29. The van der Waals surface area contributed by atoms with Crippen molar-refractivity contribution in [3.63, 3.8) is 0 Å². The van der Waals surface area contributed by atoms with E-state index in [1.165, 1.54) is 11.8 Å². The molecule has 0 aliphatic heterocycles. The third-order valence-electron chi connectivity index (χ3n) is 3.03. The molecule has 6 heteroatoms. The summed E-state index contributed by atoms with van der Waals surface area (Å²) in [6.07, 6.45) is 0. The molecular weight excluding hydrogens is 350 g/mol. The third-order valence-corrected chi connectivity index (χ3v) is 4.55. The fourth-order valence-electron chi connectivity index (χ4n) is 2.00. The summed E-state index contributed by atoms with van der Waals surface area (Å²) in [6.45, 7) is 0. The Kier molecular flexibility index (Phi) is 3.98. The first-order chi connectivity index (χ1) is 10.1. The minimum Gasteiger partial charge on any atom is -0.334 e. The Balaban J connectivity index is 1.94. The first-order valence-electron chi connectivity index (χ1n) is 6.29. The van der Waals surface area contributed by atoms with Crippen molar-refractivity contribution in [2.45, 2.75) is 10.9 Å². The van der Waals surface area contributed by atoms with Crippen molar-refractivity contribution in [1.82, 2.24) is 9.66 Å². The summed E-state index contributed by atoms with van der Waals surface area (Å²) in [7, 11) is 0. The van der Waals surface area contributed by atoms with Crippen molar-refractivity contribution in [3.8, 4) is 0 Å². The Hall–Kier alpha value is -1.79. The molecule has 1 aromatic heterocycles. The summed E-state index contributed by atoms with van der Waals surface area (Å²) in [4.78, 5) is 16.7. The summed E-state index contributed by atoms with van der Waals surface area (Å²) in [5, 5.41) is 1.05. The number of para-hydroxylation sites is 1. The maximum Gasteiger partial charge on any atom is 0.280 e. The summed E-state index contributed by atoms with van der Waals surface area (Å²) in [5.41, 5.74) is 1.58. The summed E-state index contributed by atoms with van der Waals surface area (Å²) in [6, 6.07) is 15.2. The quantitative estimate of drug-likeness (QED) is 0.442. The second-order valence-electron chi connectivity index (χ2n) is 4.51. The lowest BCUT2D eigenvalue weighted by Gasteiger charge is -2.08. The number of nitrogens with zero attached hydrogens (tertiary/aromatic N) is 2. The first-order valence-corrected chi connectivity index (χ1v) is 8.07. The van der Waals surface area contributed by atoms with E-state index in [9.17, 15) is 4.79 Å². The van der Waals surface area contributed by atoms with E-state index in [4.69, 9.17) is 5.84 Å². The van der Waals surface area contributed by atoms with Gasteiger partial charge in [0.2, 0.25) is 0 Å². The summed E-state index contributed by atoms with van der Waals surface area (Å²) < 4.78 is 2.14. The maximum atomic E-state index is 12.2. The molecule has 21 heavy (non-hydrogen) atoms. The lowest BCUT2D eigenvalue weighted by molar-refractivity contribution is 0.779. The molecule has 0 unspecified atom stereocenters. The van der Waals surface area contributed by atoms with Crippen LogP contribution in [0.4, 0.5) is 0 Å². The van der Waals surface area contributed by atoms with Crippen molar-refractivity contribution in [2.75, 3.05) is 5.84 Å². The van der Waals surface area contributed by atoms with Crippen molar-refractivity contribution in [1.29, 1.82) is 0 Å². The Morgan fingerprint density at radius 1 is 1.19 bits per heavy atom. The number of halogens is 1. The number of hydrogen-bond acceptors (Lipinski definition) is 4. The molecule has 0 atom stereocenters. The topological polar surface area (TPSA) is 60.9 Å². The molecule has 2 N–H and O–H groups in total. The highest BCUT2D eigenvalue weighted by Gasteiger charge is 2.09. The second kappa shape index (κ2) is 5.91. The number of hydrogen-bond donors (Lipinski definition) is 1. The Bertz CT molecular complexity index is 863. The summed E-state index contributed by atoms with van der Waals surface area (Å²) >= 11 is 4.89. The smallest absolute Gasteiger partial charge is 0.280 e. The maximum absolute atomic E-state index is 12.2. The molecule has 3 aromatic rings.